The van der Waals surface area contributed by atoms with Crippen molar-refractivity contribution in [2.24, 2.45) is 0 Å². The summed E-state index contributed by atoms with van der Waals surface area (Å²) in [5, 5.41) is 5.93. The number of amides is 1. The van der Waals surface area contributed by atoms with Crippen LogP contribution in [0.25, 0.3) is 0 Å². The van der Waals surface area contributed by atoms with E-state index >= 15 is 0 Å². The van der Waals surface area contributed by atoms with Gasteiger partial charge in [0.25, 0.3) is 0 Å². The Balaban J connectivity index is 2.81. The molecule has 4 heteroatoms. The van der Waals surface area contributed by atoms with Crippen molar-refractivity contribution in [1.82, 2.24) is 5.32 Å². The van der Waals surface area contributed by atoms with Crippen LogP contribution in [0.5, 0.6) is 0 Å². The first-order valence-electron chi connectivity index (χ1n) is 6.09. The van der Waals surface area contributed by atoms with Crippen LogP contribution < -0.4 is 10.6 Å². The Morgan fingerprint density at radius 3 is 2.44 bits per heavy atom. The highest BCUT2D eigenvalue weighted by atomic mass is 16.6. The molecule has 0 saturated heterocycles. The average Bonchev–Trinajstić information content (AvgIpc) is 2.26. The fourth-order valence-corrected chi connectivity index (χ4v) is 1.56. The lowest BCUT2D eigenvalue weighted by Crippen LogP contribution is -2.28. The van der Waals surface area contributed by atoms with E-state index in [2.05, 4.69) is 10.6 Å². The van der Waals surface area contributed by atoms with Crippen molar-refractivity contribution in [3.05, 3.63) is 29.8 Å². The van der Waals surface area contributed by atoms with Gasteiger partial charge in [0.2, 0.25) is 0 Å². The minimum absolute atomic E-state index is 0.163. The molecule has 0 fully saturated rings. The van der Waals surface area contributed by atoms with Crippen LogP contribution in [-0.2, 0) is 4.74 Å². The Morgan fingerprint density at radius 2 is 1.89 bits per heavy atom. The van der Waals surface area contributed by atoms with Crippen LogP contribution in [0.1, 0.15) is 39.3 Å². The van der Waals surface area contributed by atoms with Crippen molar-refractivity contribution in [3.63, 3.8) is 0 Å². The van der Waals surface area contributed by atoms with Gasteiger partial charge in [-0.1, -0.05) is 18.2 Å². The van der Waals surface area contributed by atoms with Gasteiger partial charge in [-0.25, -0.2) is 4.79 Å². The molecule has 1 aromatic carbocycles. The number of carbonyl (C=O) groups is 1. The van der Waals surface area contributed by atoms with Crippen molar-refractivity contribution in [2.45, 2.75) is 39.3 Å². The van der Waals surface area contributed by atoms with E-state index in [0.717, 1.165) is 11.3 Å². The summed E-state index contributed by atoms with van der Waals surface area (Å²) < 4.78 is 5.24. The topological polar surface area (TPSA) is 50.4 Å². The van der Waals surface area contributed by atoms with Gasteiger partial charge in [-0.2, -0.15) is 0 Å². The molecule has 0 aliphatic carbocycles. The first kappa shape index (κ1) is 14.5. The molecule has 4 nitrogen and oxygen atoms in total. The van der Waals surface area contributed by atoms with Gasteiger partial charge in [0.15, 0.2) is 0 Å². The average molecular weight is 250 g/mol. The molecule has 0 bridgehead atoms. The van der Waals surface area contributed by atoms with Crippen LogP contribution in [0.3, 0.4) is 0 Å². The SMILES string of the molecule is CNC(C)c1ccccc1NC(=O)OC(C)(C)C. The Kier molecular flexibility index (Phi) is 4.73. The van der Waals surface area contributed by atoms with E-state index < -0.39 is 11.7 Å². The van der Waals surface area contributed by atoms with Gasteiger partial charge in [-0.15, -0.1) is 0 Å². The zero-order valence-corrected chi connectivity index (χ0v) is 11.7. The number of benzene rings is 1. The molecule has 2 N–H and O–H groups in total. The fourth-order valence-electron chi connectivity index (χ4n) is 1.56. The van der Waals surface area contributed by atoms with Crippen LogP contribution in [0, 0.1) is 0 Å². The summed E-state index contributed by atoms with van der Waals surface area (Å²) in [7, 11) is 1.88. The molecule has 1 unspecified atom stereocenters. The summed E-state index contributed by atoms with van der Waals surface area (Å²) in [4.78, 5) is 11.7. The molecule has 0 aliphatic heterocycles. The second-order valence-corrected chi connectivity index (χ2v) is 5.22. The number of carbonyl (C=O) groups excluding carboxylic acids is 1. The zero-order valence-electron chi connectivity index (χ0n) is 11.7. The first-order valence-corrected chi connectivity index (χ1v) is 6.09. The van der Waals surface area contributed by atoms with Crippen LogP contribution in [0.15, 0.2) is 24.3 Å². The highest BCUT2D eigenvalue weighted by Gasteiger charge is 2.17. The van der Waals surface area contributed by atoms with Crippen LogP contribution in [0.2, 0.25) is 0 Å². The van der Waals surface area contributed by atoms with Gasteiger partial charge in [-0.05, 0) is 46.4 Å². The number of rotatable bonds is 3. The second kappa shape index (κ2) is 5.87. The molecular formula is C14H22N2O2. The largest absolute Gasteiger partial charge is 0.444 e. The Labute approximate surface area is 109 Å². The molecule has 1 atom stereocenters. The van der Waals surface area contributed by atoms with Gasteiger partial charge < -0.3 is 10.1 Å². The summed E-state index contributed by atoms with van der Waals surface area (Å²) in [6.07, 6.45) is -0.432. The maximum Gasteiger partial charge on any atom is 0.412 e. The lowest BCUT2D eigenvalue weighted by Gasteiger charge is -2.21. The van der Waals surface area contributed by atoms with Gasteiger partial charge >= 0.3 is 6.09 Å². The van der Waals surface area contributed by atoms with Crippen LogP contribution >= 0.6 is 0 Å². The fraction of sp³-hybridized carbons (Fsp3) is 0.500. The molecule has 0 spiro atoms. The van der Waals surface area contributed by atoms with E-state index in [9.17, 15) is 4.79 Å². The van der Waals surface area contributed by atoms with Crippen LogP contribution in [0.4, 0.5) is 10.5 Å². The van der Waals surface area contributed by atoms with E-state index in [1.807, 2.05) is 59.0 Å². The number of hydrogen-bond acceptors (Lipinski definition) is 3. The number of hydrogen-bond donors (Lipinski definition) is 2. The molecule has 1 rings (SSSR count). The van der Waals surface area contributed by atoms with Crippen LogP contribution in [-0.4, -0.2) is 18.7 Å². The maximum absolute atomic E-state index is 11.7. The lowest BCUT2D eigenvalue weighted by molar-refractivity contribution is 0.0636. The highest BCUT2D eigenvalue weighted by Crippen LogP contribution is 2.22. The van der Waals surface area contributed by atoms with E-state index in [4.69, 9.17) is 4.74 Å². The molecule has 1 aromatic rings. The zero-order chi connectivity index (χ0) is 13.8. The Bertz CT molecular complexity index is 411. The third-order valence-corrected chi connectivity index (χ3v) is 2.50. The van der Waals surface area contributed by atoms with Gasteiger partial charge in [0, 0.05) is 11.7 Å². The summed E-state index contributed by atoms with van der Waals surface area (Å²) in [5.41, 5.74) is 1.31. The maximum atomic E-state index is 11.7. The minimum Gasteiger partial charge on any atom is -0.444 e. The summed E-state index contributed by atoms with van der Waals surface area (Å²) >= 11 is 0. The lowest BCUT2D eigenvalue weighted by atomic mass is 10.1. The number of anilines is 1. The molecule has 1 amide bonds. The highest BCUT2D eigenvalue weighted by molar-refractivity contribution is 5.86. The molecule has 0 aromatic heterocycles. The summed E-state index contributed by atoms with van der Waals surface area (Å²) in [6.45, 7) is 7.56. The summed E-state index contributed by atoms with van der Waals surface area (Å²) in [6, 6.07) is 7.85. The Hall–Kier alpha value is -1.55. The van der Waals surface area contributed by atoms with E-state index in [1.165, 1.54) is 0 Å². The first-order chi connectivity index (χ1) is 8.33. The monoisotopic (exact) mass is 250 g/mol. The molecule has 0 aliphatic rings. The third-order valence-electron chi connectivity index (χ3n) is 2.50. The van der Waals surface area contributed by atoms with Crippen molar-refractivity contribution in [2.75, 3.05) is 12.4 Å². The van der Waals surface area contributed by atoms with E-state index in [1.54, 1.807) is 0 Å². The number of nitrogens with one attached hydrogen (secondary N) is 2. The predicted molar refractivity (Wildman–Crippen MR) is 73.8 cm³/mol. The van der Waals surface area contributed by atoms with Gasteiger partial charge in [-0.3, -0.25) is 5.32 Å². The Morgan fingerprint density at radius 1 is 1.28 bits per heavy atom. The quantitative estimate of drug-likeness (QED) is 0.865. The van der Waals surface area contributed by atoms with Gasteiger partial charge in [0.05, 0.1) is 0 Å². The second-order valence-electron chi connectivity index (χ2n) is 5.22. The van der Waals surface area contributed by atoms with Crippen molar-refractivity contribution >= 4 is 11.8 Å². The molecular weight excluding hydrogens is 228 g/mol. The van der Waals surface area contributed by atoms with Crippen molar-refractivity contribution in [1.29, 1.82) is 0 Å². The molecule has 100 valence electrons. The van der Waals surface area contributed by atoms with E-state index in [0.29, 0.717) is 0 Å². The normalized spacial score (nSPS) is 12.9. The van der Waals surface area contributed by atoms with Crippen molar-refractivity contribution < 1.29 is 9.53 Å². The number of ether oxygens (including phenoxy) is 1. The summed E-state index contributed by atoms with van der Waals surface area (Å²) in [5.74, 6) is 0. The molecule has 0 saturated carbocycles. The molecule has 18 heavy (non-hydrogen) atoms. The van der Waals surface area contributed by atoms with Crippen molar-refractivity contribution in [3.8, 4) is 0 Å². The number of para-hydroxylation sites is 1. The minimum atomic E-state index is -0.492. The van der Waals surface area contributed by atoms with Gasteiger partial charge in [0.1, 0.15) is 5.60 Å². The van der Waals surface area contributed by atoms with E-state index in [-0.39, 0.29) is 6.04 Å². The predicted octanol–water partition coefficient (Wildman–Crippen LogP) is 3.31. The molecule has 0 heterocycles. The smallest absolute Gasteiger partial charge is 0.412 e. The third kappa shape index (κ3) is 4.37. The standard InChI is InChI=1S/C14H22N2O2/c1-10(15-5)11-8-6-7-9-12(11)16-13(17)18-14(2,3)4/h6-10,15H,1-5H3,(H,16,17). The molecule has 0 radical (unpaired) electrons.